The molecule has 1 aromatic heterocycles. The van der Waals surface area contributed by atoms with Crippen molar-refractivity contribution in [2.24, 2.45) is 11.8 Å². The number of carbonyl (C=O) groups is 1. The number of phenols is 1. The highest BCUT2D eigenvalue weighted by Crippen LogP contribution is 2.48. The summed E-state index contributed by atoms with van der Waals surface area (Å²) in [6.07, 6.45) is -3.90. The molecule has 4 aliphatic heterocycles. The minimum atomic E-state index is -1.58. The van der Waals surface area contributed by atoms with Crippen molar-refractivity contribution in [2.45, 2.75) is 55.9 Å². The molecule has 0 spiro atoms. The van der Waals surface area contributed by atoms with Gasteiger partial charge in [0, 0.05) is 35.0 Å². The average Bonchev–Trinajstić information content (AvgIpc) is 3.27. The van der Waals surface area contributed by atoms with Gasteiger partial charge in [-0.2, -0.15) is 0 Å². The van der Waals surface area contributed by atoms with Crippen LogP contribution in [0.4, 0.5) is 0 Å². The molecular weight excluding hydrogens is 484 g/mol. The monoisotopic (exact) mass is 514 g/mol. The van der Waals surface area contributed by atoms with E-state index in [4.69, 9.17) is 14.2 Å². The van der Waals surface area contributed by atoms with Crippen LogP contribution in [0.15, 0.2) is 42.7 Å². The lowest BCUT2D eigenvalue weighted by molar-refractivity contribution is -0.339. The molecule has 2 saturated heterocycles. The maximum Gasteiger partial charge on any atom is 0.253 e. The highest BCUT2D eigenvalue weighted by molar-refractivity contribution is 5.96. The third kappa shape index (κ3) is 3.77. The molecule has 1 amide bonds. The number of aliphatic hydroxyl groups is 4. The predicted octanol–water partition coefficient (Wildman–Crippen LogP) is 0.178. The van der Waals surface area contributed by atoms with E-state index >= 15 is 0 Å². The lowest BCUT2D eigenvalue weighted by atomic mass is 9.74. The van der Waals surface area contributed by atoms with Gasteiger partial charge in [-0.15, -0.1) is 6.58 Å². The van der Waals surface area contributed by atoms with E-state index < -0.39 is 49.5 Å². The number of phenolic OH excluding ortho intramolecular Hbond substituents is 1. The van der Waals surface area contributed by atoms with E-state index in [1.807, 2.05) is 11.0 Å². The van der Waals surface area contributed by atoms with Gasteiger partial charge in [0.15, 0.2) is 6.29 Å². The smallest absolute Gasteiger partial charge is 0.253 e. The van der Waals surface area contributed by atoms with Crippen molar-refractivity contribution in [3.05, 3.63) is 53.9 Å². The summed E-state index contributed by atoms with van der Waals surface area (Å²) in [4.78, 5) is 18.8. The molecule has 11 nitrogen and oxygen atoms in total. The normalized spacial score (nSPS) is 37.3. The van der Waals surface area contributed by atoms with Gasteiger partial charge in [-0.05, 0) is 36.6 Å². The van der Waals surface area contributed by atoms with Crippen molar-refractivity contribution in [1.29, 1.82) is 0 Å². The summed E-state index contributed by atoms with van der Waals surface area (Å²) in [5.41, 5.74) is 3.44. The number of piperidine rings is 1. The summed E-state index contributed by atoms with van der Waals surface area (Å²) in [7, 11) is 0. The number of aliphatic hydroxyl groups excluding tert-OH is 4. The number of rotatable bonds is 4. The maximum atomic E-state index is 13.5. The second kappa shape index (κ2) is 9.12. The molecule has 198 valence electrons. The summed E-state index contributed by atoms with van der Waals surface area (Å²) in [5, 5.41) is 51.0. The van der Waals surface area contributed by atoms with E-state index in [1.165, 1.54) is 6.26 Å². The number of aromatic nitrogens is 1. The minimum Gasteiger partial charge on any atom is -0.508 e. The fourth-order valence-electron chi connectivity index (χ4n) is 6.17. The van der Waals surface area contributed by atoms with Crippen molar-refractivity contribution in [3.8, 4) is 5.75 Å². The fourth-order valence-corrected chi connectivity index (χ4v) is 6.17. The Labute approximate surface area is 212 Å². The Morgan fingerprint density at radius 1 is 1.19 bits per heavy atom. The number of ether oxygens (including phenoxy) is 3. The van der Waals surface area contributed by atoms with E-state index in [0.717, 1.165) is 22.2 Å². The van der Waals surface area contributed by atoms with Crippen LogP contribution in [-0.2, 0) is 25.4 Å². The Balaban J connectivity index is 1.29. The number of H-pyrrole nitrogens is 1. The Hall–Kier alpha value is -2.93. The van der Waals surface area contributed by atoms with Gasteiger partial charge in [-0.3, -0.25) is 4.79 Å². The number of hydrogen-bond acceptors (Lipinski definition) is 9. The fraction of sp³-hybridized carbons (Fsp3) is 0.500. The third-order valence-electron chi connectivity index (χ3n) is 8.12. The Bertz CT molecular complexity index is 1260. The van der Waals surface area contributed by atoms with Gasteiger partial charge in [-0.25, -0.2) is 0 Å². The first-order valence-electron chi connectivity index (χ1n) is 12.4. The molecule has 1 aromatic carbocycles. The van der Waals surface area contributed by atoms with Gasteiger partial charge in [0.25, 0.3) is 5.91 Å². The van der Waals surface area contributed by atoms with Gasteiger partial charge in [0.2, 0.25) is 6.29 Å². The van der Waals surface area contributed by atoms with E-state index in [9.17, 15) is 30.3 Å². The van der Waals surface area contributed by atoms with E-state index in [0.29, 0.717) is 25.0 Å². The number of nitrogens with zero attached hydrogens (tertiary/aromatic N) is 1. The van der Waals surface area contributed by atoms with Crippen molar-refractivity contribution >= 4 is 16.8 Å². The second-order valence-corrected chi connectivity index (χ2v) is 10.1. The SMILES string of the molecule is C=C[C@H]1[C@H](O[C@@H]2O[C@H](CO)[C@@H](O)[C@H](O)[C@H]2O)OC=C2C(=O)N3CCc4c([nH]c5ccc(O)cc45)[C@H]3C[C@H]21. The van der Waals surface area contributed by atoms with Crippen molar-refractivity contribution < 1.29 is 44.5 Å². The largest absolute Gasteiger partial charge is 0.508 e. The van der Waals surface area contributed by atoms with Gasteiger partial charge < -0.3 is 49.6 Å². The summed E-state index contributed by atoms with van der Waals surface area (Å²) < 4.78 is 17.2. The highest BCUT2D eigenvalue weighted by Gasteiger charge is 2.51. The van der Waals surface area contributed by atoms with Crippen LogP contribution in [0.1, 0.15) is 23.7 Å². The first-order valence-corrected chi connectivity index (χ1v) is 12.4. The molecule has 0 unspecified atom stereocenters. The number of fused-ring (bicyclic) bond motifs is 6. The number of carbonyl (C=O) groups excluding carboxylic acids is 1. The van der Waals surface area contributed by atoms with Crippen LogP contribution in [0.5, 0.6) is 5.75 Å². The predicted molar refractivity (Wildman–Crippen MR) is 128 cm³/mol. The molecule has 0 aliphatic carbocycles. The molecule has 6 rings (SSSR count). The molecule has 9 atom stereocenters. The zero-order valence-electron chi connectivity index (χ0n) is 19.9. The van der Waals surface area contributed by atoms with Crippen LogP contribution < -0.4 is 0 Å². The number of hydrogen-bond donors (Lipinski definition) is 6. The Morgan fingerprint density at radius 2 is 2.00 bits per heavy atom. The first kappa shape index (κ1) is 24.4. The molecule has 2 aromatic rings. The highest BCUT2D eigenvalue weighted by atomic mass is 16.8. The number of aromatic hydroxyl groups is 1. The number of aromatic amines is 1. The topological polar surface area (TPSA) is 165 Å². The van der Waals surface area contributed by atoms with Crippen LogP contribution >= 0.6 is 0 Å². The number of amides is 1. The number of nitrogens with one attached hydrogen (secondary N) is 1. The van der Waals surface area contributed by atoms with Gasteiger partial charge in [-0.1, -0.05) is 6.08 Å². The molecule has 4 aliphatic rings. The molecule has 5 heterocycles. The summed E-state index contributed by atoms with van der Waals surface area (Å²) in [5.74, 6) is -0.740. The quantitative estimate of drug-likeness (QED) is 0.312. The van der Waals surface area contributed by atoms with E-state index in [1.54, 1.807) is 18.2 Å². The zero-order valence-corrected chi connectivity index (χ0v) is 19.9. The maximum absolute atomic E-state index is 13.5. The standard InChI is InChI=1S/C26H30N2O9/c1-2-12-14-8-18-20-13(15-7-11(30)3-4-17(15)27-20)5-6-28(18)24(34)16(14)10-35-25(12)37-26-23(33)22(32)21(31)19(9-29)36-26/h2-4,7,10,12,14,18-19,21-23,25-27,29-33H,1,5-6,8-9H2/t12-,14+,18-,19-,21-,22+,23-,25+,26+/m1/s1. The Morgan fingerprint density at radius 3 is 2.76 bits per heavy atom. The van der Waals surface area contributed by atoms with Crippen molar-refractivity contribution in [3.63, 3.8) is 0 Å². The molecule has 37 heavy (non-hydrogen) atoms. The second-order valence-electron chi connectivity index (χ2n) is 10.1. The molecule has 6 N–H and O–H groups in total. The van der Waals surface area contributed by atoms with Crippen LogP contribution in [0.2, 0.25) is 0 Å². The van der Waals surface area contributed by atoms with Crippen LogP contribution in [0.3, 0.4) is 0 Å². The minimum absolute atomic E-state index is 0.133. The van der Waals surface area contributed by atoms with E-state index in [-0.39, 0.29) is 23.6 Å². The molecule has 0 saturated carbocycles. The number of benzene rings is 1. The first-order chi connectivity index (χ1) is 17.8. The molecule has 0 bridgehead atoms. The third-order valence-corrected chi connectivity index (χ3v) is 8.12. The van der Waals surface area contributed by atoms with Crippen molar-refractivity contribution in [1.82, 2.24) is 9.88 Å². The average molecular weight is 515 g/mol. The lowest BCUT2D eigenvalue weighted by Crippen LogP contribution is -2.60. The van der Waals surface area contributed by atoms with Crippen LogP contribution in [-0.4, -0.2) is 91.5 Å². The van der Waals surface area contributed by atoms with E-state index in [2.05, 4.69) is 11.6 Å². The molecule has 11 heteroatoms. The zero-order chi connectivity index (χ0) is 26.0. The van der Waals surface area contributed by atoms with Gasteiger partial charge in [0.1, 0.15) is 30.2 Å². The van der Waals surface area contributed by atoms with Crippen molar-refractivity contribution in [2.75, 3.05) is 13.2 Å². The van der Waals surface area contributed by atoms with Gasteiger partial charge in [0.05, 0.1) is 24.5 Å². The molecule has 2 fully saturated rings. The lowest BCUT2D eigenvalue weighted by Gasteiger charge is -2.48. The summed E-state index contributed by atoms with van der Waals surface area (Å²) in [6, 6.07) is 4.97. The molecule has 0 radical (unpaired) electrons. The Kier molecular flexibility index (Phi) is 6.02. The summed E-state index contributed by atoms with van der Waals surface area (Å²) in [6.45, 7) is 3.89. The van der Waals surface area contributed by atoms with Crippen LogP contribution in [0, 0.1) is 11.8 Å². The summed E-state index contributed by atoms with van der Waals surface area (Å²) >= 11 is 0. The van der Waals surface area contributed by atoms with Gasteiger partial charge >= 0.3 is 0 Å². The molecular formula is C26H30N2O9. The van der Waals surface area contributed by atoms with Crippen LogP contribution in [0.25, 0.3) is 10.9 Å².